The van der Waals surface area contributed by atoms with Crippen LogP contribution in [0.15, 0.2) is 6.07 Å². The molecule has 96 valence electrons. The molecule has 1 heterocycles. The van der Waals surface area contributed by atoms with Crippen molar-refractivity contribution in [1.82, 2.24) is 9.97 Å². The molecule has 0 aliphatic carbocycles. The second kappa shape index (κ2) is 5.67. The van der Waals surface area contributed by atoms with Crippen LogP contribution in [0.1, 0.15) is 13.8 Å². The van der Waals surface area contributed by atoms with Gasteiger partial charge in [-0.1, -0.05) is 0 Å². The van der Waals surface area contributed by atoms with Crippen molar-refractivity contribution >= 4 is 5.95 Å². The molecule has 0 amide bonds. The molecule has 1 N–H and O–H groups in total. The number of nitrogens with one attached hydrogen (secondary N) is 1. The third kappa shape index (κ3) is 4.07. The standard InChI is InChI=1S/C11H19N3O3/c1-11(2,7-15-3)14-10-12-8(16-4)6-9(13-10)17-5/h6H,7H2,1-5H3,(H,12,13,14). The molecule has 0 spiro atoms. The number of aromatic nitrogens is 2. The molecule has 17 heavy (non-hydrogen) atoms. The van der Waals surface area contributed by atoms with E-state index in [2.05, 4.69) is 15.3 Å². The Bertz CT molecular complexity index is 347. The van der Waals surface area contributed by atoms with E-state index < -0.39 is 0 Å². The summed E-state index contributed by atoms with van der Waals surface area (Å²) in [6, 6.07) is 1.62. The van der Waals surface area contributed by atoms with Crippen molar-refractivity contribution in [3.8, 4) is 11.8 Å². The van der Waals surface area contributed by atoms with E-state index in [1.165, 1.54) is 0 Å². The van der Waals surface area contributed by atoms with Gasteiger partial charge in [0.1, 0.15) is 0 Å². The molecular weight excluding hydrogens is 222 g/mol. The summed E-state index contributed by atoms with van der Waals surface area (Å²) in [7, 11) is 4.74. The fraction of sp³-hybridized carbons (Fsp3) is 0.636. The Labute approximate surface area is 101 Å². The lowest BCUT2D eigenvalue weighted by Crippen LogP contribution is -2.36. The molecule has 6 nitrogen and oxygen atoms in total. The number of hydrogen-bond donors (Lipinski definition) is 1. The van der Waals surface area contributed by atoms with Gasteiger partial charge in [-0.2, -0.15) is 9.97 Å². The Morgan fingerprint density at radius 1 is 1.12 bits per heavy atom. The van der Waals surface area contributed by atoms with Crippen LogP contribution in [-0.2, 0) is 4.74 Å². The smallest absolute Gasteiger partial charge is 0.229 e. The van der Waals surface area contributed by atoms with E-state index in [1.54, 1.807) is 27.4 Å². The van der Waals surface area contributed by atoms with Crippen LogP contribution in [-0.4, -0.2) is 43.4 Å². The molecule has 0 fully saturated rings. The topological polar surface area (TPSA) is 65.5 Å². The predicted molar refractivity (Wildman–Crippen MR) is 64.7 cm³/mol. The van der Waals surface area contributed by atoms with E-state index in [-0.39, 0.29) is 5.54 Å². The van der Waals surface area contributed by atoms with Gasteiger partial charge in [0, 0.05) is 7.11 Å². The zero-order valence-electron chi connectivity index (χ0n) is 10.9. The molecule has 0 aliphatic rings. The largest absolute Gasteiger partial charge is 0.481 e. The summed E-state index contributed by atoms with van der Waals surface area (Å²) in [5, 5.41) is 3.16. The van der Waals surface area contributed by atoms with Crippen molar-refractivity contribution in [2.45, 2.75) is 19.4 Å². The van der Waals surface area contributed by atoms with Crippen molar-refractivity contribution in [3.63, 3.8) is 0 Å². The van der Waals surface area contributed by atoms with Crippen molar-refractivity contribution in [1.29, 1.82) is 0 Å². The van der Waals surface area contributed by atoms with E-state index in [0.29, 0.717) is 24.3 Å². The number of anilines is 1. The van der Waals surface area contributed by atoms with E-state index in [4.69, 9.17) is 14.2 Å². The first-order valence-corrected chi connectivity index (χ1v) is 5.25. The maximum absolute atomic E-state index is 5.11. The van der Waals surface area contributed by atoms with Crippen LogP contribution in [0.3, 0.4) is 0 Å². The summed E-state index contributed by atoms with van der Waals surface area (Å²) in [4.78, 5) is 8.37. The summed E-state index contributed by atoms with van der Waals surface area (Å²) in [6.07, 6.45) is 0. The number of nitrogens with zero attached hydrogens (tertiary/aromatic N) is 2. The highest BCUT2D eigenvalue weighted by atomic mass is 16.5. The molecule has 0 unspecified atom stereocenters. The highest BCUT2D eigenvalue weighted by molar-refractivity contribution is 5.35. The molecule has 0 radical (unpaired) electrons. The lowest BCUT2D eigenvalue weighted by molar-refractivity contribution is 0.157. The Morgan fingerprint density at radius 3 is 2.06 bits per heavy atom. The minimum absolute atomic E-state index is 0.272. The maximum atomic E-state index is 5.11. The van der Waals surface area contributed by atoms with Crippen LogP contribution in [0.5, 0.6) is 11.8 Å². The van der Waals surface area contributed by atoms with Gasteiger partial charge < -0.3 is 19.5 Å². The number of hydrogen-bond acceptors (Lipinski definition) is 6. The molecule has 1 aromatic rings. The number of methoxy groups -OCH3 is 3. The van der Waals surface area contributed by atoms with Crippen molar-refractivity contribution < 1.29 is 14.2 Å². The second-order valence-electron chi connectivity index (χ2n) is 4.22. The normalized spacial score (nSPS) is 11.1. The Morgan fingerprint density at radius 2 is 1.65 bits per heavy atom. The molecule has 1 aromatic heterocycles. The lowest BCUT2D eigenvalue weighted by Gasteiger charge is -2.25. The summed E-state index contributed by atoms with van der Waals surface area (Å²) >= 11 is 0. The van der Waals surface area contributed by atoms with Gasteiger partial charge in [0.2, 0.25) is 17.7 Å². The Hall–Kier alpha value is -1.56. The summed E-state index contributed by atoms with van der Waals surface area (Å²) in [5.41, 5.74) is -0.272. The van der Waals surface area contributed by atoms with E-state index in [9.17, 15) is 0 Å². The van der Waals surface area contributed by atoms with Crippen LogP contribution < -0.4 is 14.8 Å². The molecular formula is C11H19N3O3. The molecule has 0 bridgehead atoms. The summed E-state index contributed by atoms with van der Waals surface area (Å²) in [6.45, 7) is 4.52. The van der Waals surface area contributed by atoms with E-state index >= 15 is 0 Å². The predicted octanol–water partition coefficient (Wildman–Crippen LogP) is 1.33. The highest BCUT2D eigenvalue weighted by Crippen LogP contribution is 2.19. The second-order valence-corrected chi connectivity index (χ2v) is 4.22. The van der Waals surface area contributed by atoms with Gasteiger partial charge in [-0.05, 0) is 13.8 Å². The minimum atomic E-state index is -0.272. The van der Waals surface area contributed by atoms with Gasteiger partial charge in [0.25, 0.3) is 0 Å². The summed E-state index contributed by atoms with van der Waals surface area (Å²) < 4.78 is 15.3. The van der Waals surface area contributed by atoms with Gasteiger partial charge in [-0.15, -0.1) is 0 Å². The minimum Gasteiger partial charge on any atom is -0.481 e. The van der Waals surface area contributed by atoms with E-state index in [0.717, 1.165) is 0 Å². The number of ether oxygens (including phenoxy) is 3. The van der Waals surface area contributed by atoms with Gasteiger partial charge in [-0.3, -0.25) is 0 Å². The van der Waals surface area contributed by atoms with E-state index in [1.807, 2.05) is 13.8 Å². The fourth-order valence-electron chi connectivity index (χ4n) is 1.37. The molecule has 1 rings (SSSR count). The molecule has 0 saturated heterocycles. The number of rotatable bonds is 6. The average molecular weight is 241 g/mol. The molecule has 0 aliphatic heterocycles. The molecule has 0 saturated carbocycles. The van der Waals surface area contributed by atoms with Crippen LogP contribution in [0.2, 0.25) is 0 Å². The van der Waals surface area contributed by atoms with Crippen molar-refractivity contribution in [3.05, 3.63) is 6.07 Å². The third-order valence-corrected chi connectivity index (χ3v) is 2.05. The first-order chi connectivity index (χ1) is 8.00. The average Bonchev–Trinajstić information content (AvgIpc) is 2.27. The Kier molecular flexibility index (Phi) is 4.51. The zero-order valence-corrected chi connectivity index (χ0v) is 10.9. The van der Waals surface area contributed by atoms with Gasteiger partial charge in [0.15, 0.2) is 0 Å². The van der Waals surface area contributed by atoms with Crippen molar-refractivity contribution in [2.75, 3.05) is 33.3 Å². The molecule has 0 atom stereocenters. The first-order valence-electron chi connectivity index (χ1n) is 5.25. The van der Waals surface area contributed by atoms with Crippen LogP contribution in [0, 0.1) is 0 Å². The first kappa shape index (κ1) is 13.5. The van der Waals surface area contributed by atoms with Crippen LogP contribution in [0.25, 0.3) is 0 Å². The fourth-order valence-corrected chi connectivity index (χ4v) is 1.37. The molecule has 0 aromatic carbocycles. The van der Waals surface area contributed by atoms with Gasteiger partial charge >= 0.3 is 0 Å². The maximum Gasteiger partial charge on any atom is 0.229 e. The Balaban J connectivity index is 2.89. The third-order valence-electron chi connectivity index (χ3n) is 2.05. The monoisotopic (exact) mass is 241 g/mol. The van der Waals surface area contributed by atoms with Gasteiger partial charge in [0.05, 0.1) is 32.4 Å². The van der Waals surface area contributed by atoms with Crippen LogP contribution in [0.4, 0.5) is 5.95 Å². The van der Waals surface area contributed by atoms with Crippen molar-refractivity contribution in [2.24, 2.45) is 0 Å². The van der Waals surface area contributed by atoms with Gasteiger partial charge in [-0.25, -0.2) is 0 Å². The zero-order chi connectivity index (χ0) is 12.9. The molecule has 6 heteroatoms. The lowest BCUT2D eigenvalue weighted by atomic mass is 10.1. The quantitative estimate of drug-likeness (QED) is 0.810. The highest BCUT2D eigenvalue weighted by Gasteiger charge is 2.19. The van der Waals surface area contributed by atoms with Crippen LogP contribution >= 0.6 is 0 Å². The summed E-state index contributed by atoms with van der Waals surface area (Å²) in [5.74, 6) is 1.35. The SMILES string of the molecule is COCC(C)(C)Nc1nc(OC)cc(OC)n1.